The predicted octanol–water partition coefficient (Wildman–Crippen LogP) is 2.25. The molecule has 0 aromatic heterocycles. The van der Waals surface area contributed by atoms with Gasteiger partial charge < -0.3 is 10.4 Å². The molecule has 1 aliphatic carbocycles. The molecule has 0 saturated heterocycles. The maximum atomic E-state index is 10.6. The minimum absolute atomic E-state index is 0.00981. The number of halogens is 1. The molecule has 1 aliphatic rings. The first-order valence-corrected chi connectivity index (χ1v) is 5.95. The zero-order valence-corrected chi connectivity index (χ0v) is 10.2. The zero-order valence-electron chi connectivity index (χ0n) is 8.09. The van der Waals surface area contributed by atoms with Gasteiger partial charge in [-0.25, -0.2) is 4.79 Å². The molecule has 3 unspecified atom stereocenters. The fourth-order valence-corrected chi connectivity index (χ4v) is 2.94. The first-order chi connectivity index (χ1) is 6.65. The van der Waals surface area contributed by atoms with Gasteiger partial charge in [0.05, 0.1) is 5.92 Å². The maximum absolute atomic E-state index is 10.6. The zero-order chi connectivity index (χ0) is 10.6. The van der Waals surface area contributed by atoms with Crippen LogP contribution >= 0.6 is 22.6 Å². The Kier molecular flexibility index (Phi) is 4.52. The minimum atomic E-state index is -0.941. The molecule has 2 N–H and O–H groups in total. The number of carboxylic acid groups (broad SMARTS) is 1. The number of carbonyl (C=O) groups is 1. The summed E-state index contributed by atoms with van der Waals surface area (Å²) in [5.41, 5.74) is 0. The third-order valence-electron chi connectivity index (χ3n) is 2.44. The van der Waals surface area contributed by atoms with Gasteiger partial charge >= 0.3 is 6.09 Å². The van der Waals surface area contributed by atoms with Crippen molar-refractivity contribution in [3.8, 4) is 11.8 Å². The van der Waals surface area contributed by atoms with Gasteiger partial charge in [-0.05, 0) is 19.8 Å². The van der Waals surface area contributed by atoms with Crippen LogP contribution in [0, 0.1) is 17.8 Å². The molecule has 3 nitrogen and oxygen atoms in total. The maximum Gasteiger partial charge on any atom is 0.404 e. The molecule has 4 heteroatoms. The molecule has 0 heterocycles. The van der Waals surface area contributed by atoms with Crippen molar-refractivity contribution in [3.05, 3.63) is 0 Å². The summed E-state index contributed by atoms with van der Waals surface area (Å²) in [6.45, 7) is 1.80. The predicted molar refractivity (Wildman–Crippen MR) is 63.5 cm³/mol. The second-order valence-corrected chi connectivity index (χ2v) is 5.02. The number of amides is 1. The van der Waals surface area contributed by atoms with Gasteiger partial charge in [-0.2, -0.15) is 0 Å². The van der Waals surface area contributed by atoms with Crippen LogP contribution in [-0.4, -0.2) is 21.2 Å². The van der Waals surface area contributed by atoms with Gasteiger partial charge in [0.1, 0.15) is 0 Å². The summed E-state index contributed by atoms with van der Waals surface area (Å²) in [5.74, 6) is 6.16. The summed E-state index contributed by atoms with van der Waals surface area (Å²) in [4.78, 5) is 10.6. The van der Waals surface area contributed by atoms with Crippen LogP contribution in [0.3, 0.4) is 0 Å². The van der Waals surface area contributed by atoms with E-state index in [4.69, 9.17) is 5.11 Å². The molecule has 1 rings (SSSR count). The molecule has 0 bridgehead atoms. The van der Waals surface area contributed by atoms with Crippen LogP contribution in [0.4, 0.5) is 4.79 Å². The van der Waals surface area contributed by atoms with Crippen LogP contribution in [0.2, 0.25) is 0 Å². The van der Waals surface area contributed by atoms with Crippen LogP contribution in [-0.2, 0) is 0 Å². The normalized spacial score (nSPS) is 31.4. The number of rotatable bonds is 1. The van der Waals surface area contributed by atoms with Gasteiger partial charge in [-0.15, -0.1) is 5.92 Å². The number of hydrogen-bond acceptors (Lipinski definition) is 1. The molecule has 0 radical (unpaired) electrons. The van der Waals surface area contributed by atoms with Gasteiger partial charge in [0, 0.05) is 9.97 Å². The fraction of sp³-hybridized carbons (Fsp3) is 0.700. The highest BCUT2D eigenvalue weighted by Gasteiger charge is 2.31. The van der Waals surface area contributed by atoms with E-state index in [0.29, 0.717) is 3.92 Å². The van der Waals surface area contributed by atoms with E-state index >= 15 is 0 Å². The highest BCUT2D eigenvalue weighted by Crippen LogP contribution is 2.30. The third-order valence-corrected chi connectivity index (χ3v) is 3.84. The summed E-state index contributed by atoms with van der Waals surface area (Å²) in [7, 11) is 0. The van der Waals surface area contributed by atoms with Crippen molar-refractivity contribution >= 4 is 28.7 Å². The Morgan fingerprint density at radius 1 is 1.57 bits per heavy atom. The lowest BCUT2D eigenvalue weighted by molar-refractivity contribution is 0.182. The molecule has 0 aliphatic heterocycles. The van der Waals surface area contributed by atoms with E-state index in [1.54, 1.807) is 6.92 Å². The van der Waals surface area contributed by atoms with E-state index < -0.39 is 6.09 Å². The Bertz CT molecular complexity index is 269. The highest BCUT2D eigenvalue weighted by atomic mass is 127. The Balaban J connectivity index is 2.67. The Labute approximate surface area is 97.8 Å². The van der Waals surface area contributed by atoms with E-state index in [1.807, 2.05) is 0 Å². The van der Waals surface area contributed by atoms with E-state index in [1.165, 1.54) is 0 Å². The lowest BCUT2D eigenvalue weighted by Crippen LogP contribution is -2.44. The van der Waals surface area contributed by atoms with Crippen LogP contribution in [0.15, 0.2) is 0 Å². The SMILES string of the molecule is CC#CC1C(I)CCCC1NC(=O)O. The Hall–Kier alpha value is -0.440. The first kappa shape index (κ1) is 11.6. The van der Waals surface area contributed by atoms with Crippen molar-refractivity contribution in [1.29, 1.82) is 0 Å². The van der Waals surface area contributed by atoms with Crippen molar-refractivity contribution in [2.75, 3.05) is 0 Å². The van der Waals surface area contributed by atoms with Gasteiger partial charge in [-0.3, -0.25) is 0 Å². The van der Waals surface area contributed by atoms with Crippen molar-refractivity contribution < 1.29 is 9.90 Å². The van der Waals surface area contributed by atoms with E-state index in [2.05, 4.69) is 39.7 Å². The largest absolute Gasteiger partial charge is 0.465 e. The average molecular weight is 307 g/mol. The van der Waals surface area contributed by atoms with Gasteiger partial charge in [0.2, 0.25) is 0 Å². The number of hydrogen-bond donors (Lipinski definition) is 2. The fourth-order valence-electron chi connectivity index (χ4n) is 1.82. The standard InChI is InChI=1S/C10H14INO2/c1-2-4-7-8(11)5-3-6-9(7)12-10(13)14/h7-9,12H,3,5-6H2,1H3,(H,13,14). The van der Waals surface area contributed by atoms with Crippen LogP contribution in [0.25, 0.3) is 0 Å². The Morgan fingerprint density at radius 2 is 2.29 bits per heavy atom. The van der Waals surface area contributed by atoms with E-state index in [9.17, 15) is 4.79 Å². The smallest absolute Gasteiger partial charge is 0.404 e. The molecule has 1 saturated carbocycles. The van der Waals surface area contributed by atoms with Crippen molar-refractivity contribution in [2.45, 2.75) is 36.2 Å². The second kappa shape index (κ2) is 5.44. The molecule has 0 aromatic rings. The van der Waals surface area contributed by atoms with Gasteiger partial charge in [0.25, 0.3) is 0 Å². The number of alkyl halides is 1. The van der Waals surface area contributed by atoms with Crippen molar-refractivity contribution in [3.63, 3.8) is 0 Å². The monoisotopic (exact) mass is 307 g/mol. The molecule has 0 aromatic carbocycles. The highest BCUT2D eigenvalue weighted by molar-refractivity contribution is 14.1. The molecule has 3 atom stereocenters. The Morgan fingerprint density at radius 3 is 2.86 bits per heavy atom. The van der Waals surface area contributed by atoms with Gasteiger partial charge in [-0.1, -0.05) is 34.9 Å². The van der Waals surface area contributed by atoms with Crippen molar-refractivity contribution in [1.82, 2.24) is 5.32 Å². The summed E-state index contributed by atoms with van der Waals surface area (Å²) < 4.78 is 0.464. The van der Waals surface area contributed by atoms with Crippen molar-refractivity contribution in [2.24, 2.45) is 5.92 Å². The van der Waals surface area contributed by atoms with Gasteiger partial charge in [0.15, 0.2) is 0 Å². The third kappa shape index (κ3) is 3.05. The number of nitrogens with one attached hydrogen (secondary N) is 1. The lowest BCUT2D eigenvalue weighted by atomic mass is 9.85. The van der Waals surface area contributed by atoms with Crippen LogP contribution in [0.5, 0.6) is 0 Å². The summed E-state index contributed by atoms with van der Waals surface area (Å²) in [6.07, 6.45) is 2.19. The molecular formula is C10H14INO2. The average Bonchev–Trinajstić information content (AvgIpc) is 2.10. The molecule has 0 spiro atoms. The van der Waals surface area contributed by atoms with Crippen LogP contribution < -0.4 is 5.32 Å². The first-order valence-electron chi connectivity index (χ1n) is 4.71. The van der Waals surface area contributed by atoms with Crippen LogP contribution in [0.1, 0.15) is 26.2 Å². The summed E-state index contributed by atoms with van der Waals surface area (Å²) in [6, 6.07) is 0.00981. The molecule has 78 valence electrons. The topological polar surface area (TPSA) is 49.3 Å². The lowest BCUT2D eigenvalue weighted by Gasteiger charge is -2.31. The molecule has 14 heavy (non-hydrogen) atoms. The molecule has 1 amide bonds. The van der Waals surface area contributed by atoms with E-state index in [-0.39, 0.29) is 12.0 Å². The quantitative estimate of drug-likeness (QED) is 0.443. The summed E-state index contributed by atoms with van der Waals surface area (Å²) in [5, 5.41) is 11.2. The molecule has 1 fully saturated rings. The second-order valence-electron chi connectivity index (χ2n) is 3.42. The minimum Gasteiger partial charge on any atom is -0.465 e. The molecular weight excluding hydrogens is 293 g/mol. The van der Waals surface area contributed by atoms with E-state index in [0.717, 1.165) is 19.3 Å². The summed E-state index contributed by atoms with van der Waals surface area (Å²) >= 11 is 2.37.